The summed E-state index contributed by atoms with van der Waals surface area (Å²) < 4.78 is 11.2. The SMILES string of the molecule is N#Cc1ccc(N2CCC3(C2)OCCO3)c([N+](=O)[O-])c1. The first-order chi connectivity index (χ1) is 9.63. The second-order valence-corrected chi connectivity index (χ2v) is 4.85. The van der Waals surface area contributed by atoms with Crippen LogP contribution in [0.25, 0.3) is 0 Å². The van der Waals surface area contributed by atoms with Crippen LogP contribution in [0, 0.1) is 21.4 Å². The Morgan fingerprint density at radius 1 is 1.40 bits per heavy atom. The van der Waals surface area contributed by atoms with Crippen molar-refractivity contribution in [2.45, 2.75) is 12.2 Å². The van der Waals surface area contributed by atoms with Crippen molar-refractivity contribution in [2.24, 2.45) is 0 Å². The average molecular weight is 275 g/mol. The molecule has 1 aromatic carbocycles. The van der Waals surface area contributed by atoms with Crippen LogP contribution in [0.15, 0.2) is 18.2 Å². The van der Waals surface area contributed by atoms with E-state index in [0.717, 1.165) is 0 Å². The summed E-state index contributed by atoms with van der Waals surface area (Å²) >= 11 is 0. The molecule has 0 aromatic heterocycles. The van der Waals surface area contributed by atoms with E-state index in [2.05, 4.69) is 0 Å². The molecule has 0 saturated carbocycles. The van der Waals surface area contributed by atoms with Gasteiger partial charge in [-0.15, -0.1) is 0 Å². The first kappa shape index (κ1) is 12.8. The summed E-state index contributed by atoms with van der Waals surface area (Å²) in [5.41, 5.74) is 0.729. The molecule has 0 unspecified atom stereocenters. The van der Waals surface area contributed by atoms with Gasteiger partial charge in [0.1, 0.15) is 5.69 Å². The van der Waals surface area contributed by atoms with Crippen molar-refractivity contribution < 1.29 is 14.4 Å². The minimum Gasteiger partial charge on any atom is -0.360 e. The Hall–Kier alpha value is -2.17. The van der Waals surface area contributed by atoms with E-state index in [1.165, 1.54) is 6.07 Å². The molecule has 0 radical (unpaired) electrons. The lowest BCUT2D eigenvalue weighted by molar-refractivity contribution is -0.384. The summed E-state index contributed by atoms with van der Waals surface area (Å²) in [6, 6.07) is 6.42. The number of nitriles is 1. The maximum absolute atomic E-state index is 11.2. The number of rotatable bonds is 2. The lowest BCUT2D eigenvalue weighted by Gasteiger charge is -2.23. The van der Waals surface area contributed by atoms with E-state index in [4.69, 9.17) is 14.7 Å². The van der Waals surface area contributed by atoms with Gasteiger partial charge in [-0.3, -0.25) is 10.1 Å². The van der Waals surface area contributed by atoms with Crippen LogP contribution in [0.4, 0.5) is 11.4 Å². The molecule has 0 bridgehead atoms. The Kier molecular flexibility index (Phi) is 3.04. The molecule has 2 saturated heterocycles. The predicted octanol–water partition coefficient (Wildman–Crippen LogP) is 1.42. The fourth-order valence-electron chi connectivity index (χ4n) is 2.70. The minimum absolute atomic E-state index is 0.0564. The van der Waals surface area contributed by atoms with Crippen LogP contribution in [0.2, 0.25) is 0 Å². The topological polar surface area (TPSA) is 88.6 Å². The Balaban J connectivity index is 1.91. The quantitative estimate of drug-likeness (QED) is 0.599. The fourth-order valence-corrected chi connectivity index (χ4v) is 2.70. The highest BCUT2D eigenvalue weighted by Crippen LogP contribution is 2.37. The van der Waals surface area contributed by atoms with Crippen LogP contribution in [-0.4, -0.2) is 37.0 Å². The molecule has 0 aliphatic carbocycles. The second kappa shape index (κ2) is 4.74. The molecule has 3 rings (SSSR count). The smallest absolute Gasteiger partial charge is 0.293 e. The zero-order valence-corrected chi connectivity index (χ0v) is 10.7. The van der Waals surface area contributed by atoms with Crippen molar-refractivity contribution >= 4 is 11.4 Å². The van der Waals surface area contributed by atoms with E-state index in [-0.39, 0.29) is 11.3 Å². The van der Waals surface area contributed by atoms with Crippen molar-refractivity contribution in [2.75, 3.05) is 31.2 Å². The van der Waals surface area contributed by atoms with Gasteiger partial charge in [0.15, 0.2) is 5.79 Å². The third-order valence-electron chi connectivity index (χ3n) is 3.65. The molecule has 1 spiro atoms. The molecular formula is C13H13N3O4. The molecule has 7 nitrogen and oxygen atoms in total. The fraction of sp³-hybridized carbons (Fsp3) is 0.462. The van der Waals surface area contributed by atoms with Crippen molar-refractivity contribution in [1.29, 1.82) is 5.26 Å². The molecule has 7 heteroatoms. The molecule has 2 heterocycles. The molecule has 0 N–H and O–H groups in total. The van der Waals surface area contributed by atoms with E-state index in [1.807, 2.05) is 11.0 Å². The van der Waals surface area contributed by atoms with Crippen LogP contribution in [-0.2, 0) is 9.47 Å². The van der Waals surface area contributed by atoms with Crippen molar-refractivity contribution in [3.63, 3.8) is 0 Å². The zero-order valence-electron chi connectivity index (χ0n) is 10.7. The minimum atomic E-state index is -0.623. The number of hydrogen-bond acceptors (Lipinski definition) is 6. The van der Waals surface area contributed by atoms with E-state index in [0.29, 0.717) is 38.4 Å². The first-order valence-electron chi connectivity index (χ1n) is 6.35. The molecule has 0 atom stereocenters. The molecular weight excluding hydrogens is 262 g/mol. The Labute approximate surface area is 115 Å². The highest BCUT2D eigenvalue weighted by molar-refractivity contribution is 5.66. The maximum atomic E-state index is 11.2. The summed E-state index contributed by atoms with van der Waals surface area (Å²) in [6.07, 6.45) is 0.685. The molecule has 2 fully saturated rings. The Morgan fingerprint density at radius 2 is 2.15 bits per heavy atom. The van der Waals surface area contributed by atoms with Gasteiger partial charge in [-0.25, -0.2) is 0 Å². The summed E-state index contributed by atoms with van der Waals surface area (Å²) in [5, 5.41) is 20.0. The van der Waals surface area contributed by atoms with Crippen molar-refractivity contribution in [1.82, 2.24) is 0 Å². The number of hydrogen-bond donors (Lipinski definition) is 0. The number of ether oxygens (including phenoxy) is 2. The molecule has 1 aromatic rings. The highest BCUT2D eigenvalue weighted by Gasteiger charge is 2.44. The van der Waals surface area contributed by atoms with E-state index in [9.17, 15) is 10.1 Å². The number of benzene rings is 1. The van der Waals surface area contributed by atoms with Gasteiger partial charge in [-0.1, -0.05) is 0 Å². The summed E-state index contributed by atoms with van der Waals surface area (Å²) in [5.74, 6) is -0.623. The Morgan fingerprint density at radius 3 is 2.80 bits per heavy atom. The van der Waals surface area contributed by atoms with E-state index < -0.39 is 10.7 Å². The third kappa shape index (κ3) is 2.09. The van der Waals surface area contributed by atoms with E-state index >= 15 is 0 Å². The van der Waals surface area contributed by atoms with Gasteiger partial charge in [0.25, 0.3) is 5.69 Å². The van der Waals surface area contributed by atoms with Gasteiger partial charge < -0.3 is 14.4 Å². The van der Waals surface area contributed by atoms with Gasteiger partial charge in [-0.2, -0.15) is 5.26 Å². The second-order valence-electron chi connectivity index (χ2n) is 4.85. The van der Waals surface area contributed by atoms with Gasteiger partial charge in [0.2, 0.25) is 0 Å². The van der Waals surface area contributed by atoms with Crippen molar-refractivity contribution in [3.8, 4) is 6.07 Å². The normalized spacial score (nSPS) is 20.2. The summed E-state index contributed by atoms with van der Waals surface area (Å²) in [6.45, 7) is 2.22. The van der Waals surface area contributed by atoms with Crippen LogP contribution in [0.5, 0.6) is 0 Å². The molecule has 2 aliphatic heterocycles. The molecule has 20 heavy (non-hydrogen) atoms. The first-order valence-corrected chi connectivity index (χ1v) is 6.35. The van der Waals surface area contributed by atoms with Crippen LogP contribution in [0.3, 0.4) is 0 Å². The summed E-state index contributed by atoms with van der Waals surface area (Å²) in [4.78, 5) is 12.6. The van der Waals surface area contributed by atoms with Gasteiger partial charge in [0.05, 0.1) is 36.3 Å². The average Bonchev–Trinajstić information content (AvgIpc) is 3.09. The van der Waals surface area contributed by atoms with Crippen LogP contribution < -0.4 is 4.90 Å². The molecule has 104 valence electrons. The van der Waals surface area contributed by atoms with Crippen LogP contribution >= 0.6 is 0 Å². The number of nitro benzene ring substituents is 1. The van der Waals surface area contributed by atoms with Gasteiger partial charge in [-0.05, 0) is 12.1 Å². The van der Waals surface area contributed by atoms with Crippen molar-refractivity contribution in [3.05, 3.63) is 33.9 Å². The number of nitrogens with zero attached hydrogens (tertiary/aromatic N) is 3. The number of nitro groups is 1. The Bertz CT molecular complexity index is 590. The molecule has 2 aliphatic rings. The lowest BCUT2D eigenvalue weighted by Crippen LogP contribution is -2.34. The monoisotopic (exact) mass is 275 g/mol. The van der Waals surface area contributed by atoms with Crippen LogP contribution in [0.1, 0.15) is 12.0 Å². The van der Waals surface area contributed by atoms with E-state index in [1.54, 1.807) is 12.1 Å². The standard InChI is InChI=1S/C13H13N3O4/c14-8-10-1-2-11(12(7-10)16(17)18)15-4-3-13(9-15)19-5-6-20-13/h1-2,7H,3-6,9H2. The maximum Gasteiger partial charge on any atom is 0.293 e. The largest absolute Gasteiger partial charge is 0.360 e. The van der Waals surface area contributed by atoms with Gasteiger partial charge in [0, 0.05) is 19.0 Å². The lowest BCUT2D eigenvalue weighted by atomic mass is 10.1. The third-order valence-corrected chi connectivity index (χ3v) is 3.65. The number of anilines is 1. The zero-order chi connectivity index (χ0) is 14.2. The molecule has 0 amide bonds. The van der Waals surface area contributed by atoms with Gasteiger partial charge >= 0.3 is 0 Å². The predicted molar refractivity (Wildman–Crippen MR) is 69.3 cm³/mol. The summed E-state index contributed by atoms with van der Waals surface area (Å²) in [7, 11) is 0. The highest BCUT2D eigenvalue weighted by atomic mass is 16.7.